The van der Waals surface area contributed by atoms with Crippen molar-refractivity contribution < 1.29 is 4.79 Å². The quantitative estimate of drug-likeness (QED) is 0.902. The van der Waals surface area contributed by atoms with Gasteiger partial charge >= 0.3 is 0 Å². The smallest absolute Gasteiger partial charge is 0.257 e. The van der Waals surface area contributed by atoms with E-state index in [2.05, 4.69) is 10.3 Å². The molecule has 0 atom stereocenters. The van der Waals surface area contributed by atoms with Gasteiger partial charge in [-0.2, -0.15) is 0 Å². The molecule has 0 aliphatic heterocycles. The minimum absolute atomic E-state index is 0. The molecule has 0 aliphatic rings. The van der Waals surface area contributed by atoms with Crippen LogP contribution in [0.15, 0.2) is 42.7 Å². The summed E-state index contributed by atoms with van der Waals surface area (Å²) in [6, 6.07) is 9.34. The average molecular weight is 263 g/mol. The van der Waals surface area contributed by atoms with Gasteiger partial charge in [0.25, 0.3) is 5.91 Å². The zero-order valence-electron chi connectivity index (χ0n) is 10.3. The summed E-state index contributed by atoms with van der Waals surface area (Å²) in [5.41, 5.74) is 3.74. The summed E-state index contributed by atoms with van der Waals surface area (Å²) in [6.07, 6.45) is 3.20. The van der Waals surface area contributed by atoms with Crippen LogP contribution in [-0.4, -0.2) is 10.9 Å². The van der Waals surface area contributed by atoms with Gasteiger partial charge in [0.2, 0.25) is 0 Å². The normalized spacial score (nSPS) is 9.44. The molecule has 94 valence electrons. The number of benzene rings is 1. The summed E-state index contributed by atoms with van der Waals surface area (Å²) < 4.78 is 0. The average Bonchev–Trinajstić information content (AvgIpc) is 2.35. The monoisotopic (exact) mass is 262 g/mol. The summed E-state index contributed by atoms with van der Waals surface area (Å²) >= 11 is 0. The highest BCUT2D eigenvalue weighted by Gasteiger charge is 2.05. The minimum atomic E-state index is -0.138. The Kier molecular flexibility index (Phi) is 4.86. The number of amides is 1. The first-order valence-electron chi connectivity index (χ1n) is 5.45. The Morgan fingerprint density at radius 1 is 1.17 bits per heavy atom. The fraction of sp³-hybridized carbons (Fsp3) is 0.143. The predicted octanol–water partition coefficient (Wildman–Crippen LogP) is 3.37. The fourth-order valence-corrected chi connectivity index (χ4v) is 1.52. The maximum atomic E-state index is 11.9. The lowest BCUT2D eigenvalue weighted by atomic mass is 10.1. The highest BCUT2D eigenvalue weighted by molar-refractivity contribution is 6.04. The molecule has 1 N–H and O–H groups in total. The van der Waals surface area contributed by atoms with Gasteiger partial charge in [0, 0.05) is 18.1 Å². The lowest BCUT2D eigenvalue weighted by Gasteiger charge is -2.07. The topological polar surface area (TPSA) is 42.0 Å². The number of nitrogens with zero attached hydrogens (tertiary/aromatic N) is 1. The Morgan fingerprint density at radius 3 is 2.56 bits per heavy atom. The number of rotatable bonds is 2. The molecule has 3 nitrogen and oxygen atoms in total. The van der Waals surface area contributed by atoms with E-state index in [4.69, 9.17) is 0 Å². The van der Waals surface area contributed by atoms with E-state index in [1.54, 1.807) is 24.5 Å². The van der Waals surface area contributed by atoms with Crippen LogP contribution in [0.1, 0.15) is 21.5 Å². The third-order valence-corrected chi connectivity index (χ3v) is 2.69. The second kappa shape index (κ2) is 6.17. The first kappa shape index (κ1) is 14.2. The van der Waals surface area contributed by atoms with Crippen LogP contribution in [0.25, 0.3) is 0 Å². The van der Waals surface area contributed by atoms with Crippen molar-refractivity contribution in [3.63, 3.8) is 0 Å². The number of hydrogen-bond acceptors (Lipinski definition) is 2. The van der Waals surface area contributed by atoms with Crippen LogP contribution < -0.4 is 5.32 Å². The summed E-state index contributed by atoms with van der Waals surface area (Å²) in [4.78, 5) is 15.8. The van der Waals surface area contributed by atoms with Crippen LogP contribution in [0.4, 0.5) is 5.69 Å². The molecule has 1 amide bonds. The molecule has 2 rings (SSSR count). The van der Waals surface area contributed by atoms with Crippen molar-refractivity contribution >= 4 is 24.0 Å². The predicted molar refractivity (Wildman–Crippen MR) is 75.4 cm³/mol. The molecule has 18 heavy (non-hydrogen) atoms. The molecule has 0 bridgehead atoms. The lowest BCUT2D eigenvalue weighted by Crippen LogP contribution is -2.12. The zero-order chi connectivity index (χ0) is 12.3. The van der Waals surface area contributed by atoms with E-state index in [0.717, 1.165) is 11.3 Å². The number of nitrogens with one attached hydrogen (secondary N) is 1. The third-order valence-electron chi connectivity index (χ3n) is 2.69. The number of halogens is 1. The maximum absolute atomic E-state index is 11.9. The van der Waals surface area contributed by atoms with Crippen LogP contribution in [-0.2, 0) is 0 Å². The van der Waals surface area contributed by atoms with Gasteiger partial charge in [0.05, 0.1) is 5.56 Å². The molecule has 0 saturated heterocycles. The molecular formula is C14H15ClN2O. The largest absolute Gasteiger partial charge is 0.322 e. The summed E-state index contributed by atoms with van der Waals surface area (Å²) in [6.45, 7) is 4.07. The second-order valence-electron chi connectivity index (χ2n) is 3.99. The molecule has 0 aliphatic carbocycles. The van der Waals surface area contributed by atoms with Gasteiger partial charge < -0.3 is 5.32 Å². The van der Waals surface area contributed by atoms with E-state index in [1.165, 1.54) is 5.56 Å². The van der Waals surface area contributed by atoms with Crippen LogP contribution in [0.2, 0.25) is 0 Å². The van der Waals surface area contributed by atoms with E-state index in [1.807, 2.05) is 32.0 Å². The van der Waals surface area contributed by atoms with Crippen molar-refractivity contribution in [1.82, 2.24) is 4.98 Å². The molecule has 2 aromatic rings. The summed E-state index contributed by atoms with van der Waals surface area (Å²) in [5, 5.41) is 2.85. The molecule has 0 unspecified atom stereocenters. The van der Waals surface area contributed by atoms with Gasteiger partial charge in [0.1, 0.15) is 0 Å². The standard InChI is InChI=1S/C14H14N2O.ClH/c1-10-5-6-13(8-11(10)2)16-14(17)12-4-3-7-15-9-12;/h3-9H,1-2H3,(H,16,17);1H. The third kappa shape index (κ3) is 3.31. The van der Waals surface area contributed by atoms with Gasteiger partial charge in [-0.25, -0.2) is 0 Å². The van der Waals surface area contributed by atoms with Crippen molar-refractivity contribution in [1.29, 1.82) is 0 Å². The summed E-state index contributed by atoms with van der Waals surface area (Å²) in [5.74, 6) is -0.138. The van der Waals surface area contributed by atoms with Gasteiger partial charge in [-0.15, -0.1) is 12.4 Å². The van der Waals surface area contributed by atoms with Crippen molar-refractivity contribution in [2.45, 2.75) is 13.8 Å². The highest BCUT2D eigenvalue weighted by atomic mass is 35.5. The van der Waals surface area contributed by atoms with Crippen molar-refractivity contribution in [3.05, 3.63) is 59.4 Å². The zero-order valence-corrected chi connectivity index (χ0v) is 11.1. The Balaban J connectivity index is 0.00000162. The van der Waals surface area contributed by atoms with Crippen LogP contribution in [0.5, 0.6) is 0 Å². The highest BCUT2D eigenvalue weighted by Crippen LogP contribution is 2.14. The number of pyridine rings is 1. The Morgan fingerprint density at radius 2 is 1.94 bits per heavy atom. The molecule has 0 spiro atoms. The Bertz CT molecular complexity index is 541. The number of carbonyl (C=O) groups is 1. The van der Waals surface area contributed by atoms with Gasteiger partial charge in [0.15, 0.2) is 0 Å². The van der Waals surface area contributed by atoms with Crippen LogP contribution >= 0.6 is 12.4 Å². The Hall–Kier alpha value is -1.87. The second-order valence-corrected chi connectivity index (χ2v) is 3.99. The first-order valence-corrected chi connectivity index (χ1v) is 5.45. The van der Waals surface area contributed by atoms with E-state index >= 15 is 0 Å². The number of carbonyl (C=O) groups excluding carboxylic acids is 1. The van der Waals surface area contributed by atoms with E-state index in [0.29, 0.717) is 5.56 Å². The number of hydrogen-bond donors (Lipinski definition) is 1. The number of anilines is 1. The molecule has 1 aromatic heterocycles. The summed E-state index contributed by atoms with van der Waals surface area (Å²) in [7, 11) is 0. The van der Waals surface area contributed by atoms with Crippen molar-refractivity contribution in [2.75, 3.05) is 5.32 Å². The van der Waals surface area contributed by atoms with Crippen LogP contribution in [0.3, 0.4) is 0 Å². The lowest BCUT2D eigenvalue weighted by molar-refractivity contribution is 0.102. The first-order chi connectivity index (χ1) is 8.16. The van der Waals surface area contributed by atoms with E-state index in [9.17, 15) is 4.79 Å². The van der Waals surface area contributed by atoms with Crippen molar-refractivity contribution in [3.8, 4) is 0 Å². The molecule has 0 radical (unpaired) electrons. The SMILES string of the molecule is Cc1ccc(NC(=O)c2cccnc2)cc1C.Cl. The molecule has 0 saturated carbocycles. The van der Waals surface area contributed by atoms with Gasteiger partial charge in [-0.1, -0.05) is 6.07 Å². The molecule has 1 heterocycles. The van der Waals surface area contributed by atoms with Crippen molar-refractivity contribution in [2.24, 2.45) is 0 Å². The molecule has 1 aromatic carbocycles. The fourth-order valence-electron chi connectivity index (χ4n) is 1.52. The van der Waals surface area contributed by atoms with Gasteiger partial charge in [-0.05, 0) is 49.2 Å². The Labute approximate surface area is 113 Å². The van der Waals surface area contributed by atoms with Crippen LogP contribution in [0, 0.1) is 13.8 Å². The van der Waals surface area contributed by atoms with Gasteiger partial charge in [-0.3, -0.25) is 9.78 Å². The maximum Gasteiger partial charge on any atom is 0.257 e. The molecular weight excluding hydrogens is 248 g/mol. The molecule has 4 heteroatoms. The van der Waals surface area contributed by atoms with E-state index < -0.39 is 0 Å². The van der Waals surface area contributed by atoms with E-state index in [-0.39, 0.29) is 18.3 Å². The minimum Gasteiger partial charge on any atom is -0.322 e. The number of aryl methyl sites for hydroxylation is 2. The molecule has 0 fully saturated rings. The number of aromatic nitrogens is 1.